The number of amides is 1. The van der Waals surface area contributed by atoms with Crippen LogP contribution in [0.1, 0.15) is 5.56 Å². The number of ether oxygens (including phenoxy) is 1. The first-order chi connectivity index (χ1) is 7.93. The van der Waals surface area contributed by atoms with Crippen LogP contribution < -0.4 is 5.32 Å². The first-order valence-corrected chi connectivity index (χ1v) is 4.56. The lowest BCUT2D eigenvalue weighted by Crippen LogP contribution is -2.14. The van der Waals surface area contributed by atoms with E-state index in [1.54, 1.807) is 0 Å². The van der Waals surface area contributed by atoms with Gasteiger partial charge in [0.2, 0.25) is 0 Å². The summed E-state index contributed by atoms with van der Waals surface area (Å²) in [7, 11) is 0. The third kappa shape index (κ3) is 4.18. The van der Waals surface area contributed by atoms with Crippen LogP contribution >= 0.6 is 0 Å². The third-order valence-electron chi connectivity index (χ3n) is 1.69. The maximum absolute atomic E-state index is 12.3. The Bertz CT molecular complexity index is 415. The van der Waals surface area contributed by atoms with E-state index >= 15 is 0 Å². The van der Waals surface area contributed by atoms with Gasteiger partial charge >= 0.3 is 12.3 Å². The highest BCUT2D eigenvalue weighted by Gasteiger charge is 2.30. The summed E-state index contributed by atoms with van der Waals surface area (Å²) in [5, 5.41) is 2.15. The van der Waals surface area contributed by atoms with Gasteiger partial charge in [-0.1, -0.05) is 12.7 Å². The molecule has 1 rings (SSSR count). The maximum Gasteiger partial charge on any atom is 0.416 e. The lowest BCUT2D eigenvalue weighted by Gasteiger charge is -2.09. The minimum atomic E-state index is -4.47. The van der Waals surface area contributed by atoms with Gasteiger partial charge in [0.1, 0.15) is 6.61 Å². The van der Waals surface area contributed by atoms with Crippen LogP contribution in [0.5, 0.6) is 0 Å². The molecule has 1 amide bonds. The first-order valence-electron chi connectivity index (χ1n) is 4.56. The molecule has 0 saturated carbocycles. The topological polar surface area (TPSA) is 38.3 Å². The van der Waals surface area contributed by atoms with Crippen molar-refractivity contribution in [3.05, 3.63) is 42.5 Å². The van der Waals surface area contributed by atoms with E-state index in [0.29, 0.717) is 0 Å². The molecule has 3 nitrogen and oxygen atoms in total. The van der Waals surface area contributed by atoms with Crippen LogP contribution in [-0.2, 0) is 10.9 Å². The Hall–Kier alpha value is -1.98. The molecule has 0 aliphatic heterocycles. The van der Waals surface area contributed by atoms with Gasteiger partial charge in [-0.05, 0) is 24.3 Å². The highest BCUT2D eigenvalue weighted by atomic mass is 19.4. The monoisotopic (exact) mass is 244 g/mol. The Labute approximate surface area is 95.9 Å². The Morgan fingerprint density at radius 3 is 2.82 bits per heavy atom. The molecule has 1 radical (unpaired) electrons. The van der Waals surface area contributed by atoms with Gasteiger partial charge in [-0.15, -0.1) is 0 Å². The van der Waals surface area contributed by atoms with Crippen molar-refractivity contribution in [1.29, 1.82) is 0 Å². The molecule has 1 N–H and O–H groups in total. The molecule has 0 bridgehead atoms. The number of hydrogen-bond donors (Lipinski definition) is 1. The molecular weight excluding hydrogens is 235 g/mol. The number of halogens is 3. The van der Waals surface area contributed by atoms with E-state index in [-0.39, 0.29) is 12.3 Å². The molecule has 0 aliphatic carbocycles. The number of alkyl halides is 3. The maximum atomic E-state index is 12.3. The van der Waals surface area contributed by atoms with Crippen molar-refractivity contribution >= 4 is 11.8 Å². The molecule has 1 aromatic rings. The van der Waals surface area contributed by atoms with Crippen LogP contribution in [0.3, 0.4) is 0 Å². The molecule has 6 heteroatoms. The Balaban J connectivity index is 2.72. The highest BCUT2D eigenvalue weighted by molar-refractivity contribution is 5.84. The summed E-state index contributed by atoms with van der Waals surface area (Å²) >= 11 is 0. The van der Waals surface area contributed by atoms with Gasteiger partial charge in [0.05, 0.1) is 5.56 Å². The number of benzene rings is 1. The number of carbonyl (C=O) groups is 1. The second kappa shape index (κ2) is 5.38. The summed E-state index contributed by atoms with van der Waals surface area (Å²) in [4.78, 5) is 11.1. The van der Waals surface area contributed by atoms with E-state index in [4.69, 9.17) is 0 Å². The molecule has 0 unspecified atom stereocenters. The fourth-order valence-corrected chi connectivity index (χ4v) is 0.996. The van der Waals surface area contributed by atoms with Crippen molar-refractivity contribution in [3.8, 4) is 0 Å². The number of rotatable bonds is 3. The predicted molar refractivity (Wildman–Crippen MR) is 55.4 cm³/mol. The molecule has 0 spiro atoms. The summed E-state index contributed by atoms with van der Waals surface area (Å²) < 4.78 is 41.5. The summed E-state index contributed by atoms with van der Waals surface area (Å²) in [5.41, 5.74) is -0.923. The first kappa shape index (κ1) is 13.1. The van der Waals surface area contributed by atoms with E-state index < -0.39 is 17.8 Å². The SMILES string of the molecule is C=CCOC(=O)Nc1c[c]cc(C(F)(F)F)c1. The van der Waals surface area contributed by atoms with E-state index in [0.717, 1.165) is 12.1 Å². The zero-order valence-corrected chi connectivity index (χ0v) is 8.67. The molecule has 0 heterocycles. The van der Waals surface area contributed by atoms with E-state index in [1.165, 1.54) is 12.1 Å². The fourth-order valence-electron chi connectivity index (χ4n) is 0.996. The van der Waals surface area contributed by atoms with Crippen LogP contribution in [0.2, 0.25) is 0 Å². The second-order valence-corrected chi connectivity index (χ2v) is 3.02. The van der Waals surface area contributed by atoms with Gasteiger partial charge in [-0.2, -0.15) is 13.2 Å². The van der Waals surface area contributed by atoms with Crippen LogP contribution in [0.4, 0.5) is 23.7 Å². The van der Waals surface area contributed by atoms with Gasteiger partial charge in [-0.3, -0.25) is 5.32 Å². The molecule has 1 aromatic carbocycles. The van der Waals surface area contributed by atoms with Crippen molar-refractivity contribution < 1.29 is 22.7 Å². The molecule has 0 atom stereocenters. The lowest BCUT2D eigenvalue weighted by atomic mass is 10.2. The largest absolute Gasteiger partial charge is 0.445 e. The molecule has 0 aromatic heterocycles. The zero-order valence-electron chi connectivity index (χ0n) is 8.67. The third-order valence-corrected chi connectivity index (χ3v) is 1.69. The fraction of sp³-hybridized carbons (Fsp3) is 0.182. The van der Waals surface area contributed by atoms with Crippen molar-refractivity contribution in [2.24, 2.45) is 0 Å². The molecule has 91 valence electrons. The lowest BCUT2D eigenvalue weighted by molar-refractivity contribution is -0.137. The van der Waals surface area contributed by atoms with E-state index in [9.17, 15) is 18.0 Å². The van der Waals surface area contributed by atoms with Gasteiger partial charge in [-0.25, -0.2) is 4.79 Å². The average molecular weight is 244 g/mol. The number of nitrogens with one attached hydrogen (secondary N) is 1. The Kier molecular flexibility index (Phi) is 4.14. The van der Waals surface area contributed by atoms with E-state index in [2.05, 4.69) is 22.7 Å². The van der Waals surface area contributed by atoms with Crippen molar-refractivity contribution in [3.63, 3.8) is 0 Å². The number of hydrogen-bond acceptors (Lipinski definition) is 2. The Morgan fingerprint density at radius 1 is 1.53 bits per heavy atom. The molecule has 0 saturated heterocycles. The number of carbonyl (C=O) groups excluding carboxylic acids is 1. The van der Waals surface area contributed by atoms with Gasteiger partial charge in [0, 0.05) is 5.69 Å². The average Bonchev–Trinajstić information content (AvgIpc) is 2.25. The minimum absolute atomic E-state index is 0.0193. The smallest absolute Gasteiger partial charge is 0.416 e. The van der Waals surface area contributed by atoms with E-state index in [1.807, 2.05) is 0 Å². The summed E-state index contributed by atoms with van der Waals surface area (Å²) in [6.07, 6.45) is -3.98. The van der Waals surface area contributed by atoms with Crippen LogP contribution in [0, 0.1) is 6.07 Å². The normalized spacial score (nSPS) is 10.8. The van der Waals surface area contributed by atoms with Crippen molar-refractivity contribution in [1.82, 2.24) is 0 Å². The summed E-state index contributed by atoms with van der Waals surface area (Å²) in [6.45, 7) is 3.31. The van der Waals surface area contributed by atoms with Crippen molar-refractivity contribution in [2.45, 2.75) is 6.18 Å². The number of anilines is 1. The molecule has 0 fully saturated rings. The van der Waals surface area contributed by atoms with Crippen LogP contribution in [-0.4, -0.2) is 12.7 Å². The van der Waals surface area contributed by atoms with Gasteiger partial charge < -0.3 is 4.74 Å². The molecule has 17 heavy (non-hydrogen) atoms. The quantitative estimate of drug-likeness (QED) is 0.829. The second-order valence-electron chi connectivity index (χ2n) is 3.02. The Morgan fingerprint density at radius 2 is 2.24 bits per heavy atom. The van der Waals surface area contributed by atoms with Crippen molar-refractivity contribution in [2.75, 3.05) is 11.9 Å². The summed E-state index contributed by atoms with van der Waals surface area (Å²) in [5.74, 6) is 0. The predicted octanol–water partition coefficient (Wildman–Crippen LogP) is 3.24. The van der Waals surface area contributed by atoms with Crippen LogP contribution in [0.15, 0.2) is 30.9 Å². The minimum Gasteiger partial charge on any atom is -0.445 e. The standard InChI is InChI=1S/C11H9F3NO2/c1-2-6-17-10(16)15-9-5-3-4-8(7-9)11(12,13)14/h2,4-5,7H,1,6H2,(H,15,16). The van der Waals surface area contributed by atoms with Crippen LogP contribution in [0.25, 0.3) is 0 Å². The van der Waals surface area contributed by atoms with Gasteiger partial charge in [0.25, 0.3) is 0 Å². The summed E-state index contributed by atoms with van der Waals surface area (Å²) in [6, 6.07) is 5.09. The molecule has 0 aliphatic rings. The highest BCUT2D eigenvalue weighted by Crippen LogP contribution is 2.30. The molecular formula is C11H9F3NO2. The zero-order chi connectivity index (χ0) is 12.9. The van der Waals surface area contributed by atoms with Gasteiger partial charge in [0.15, 0.2) is 0 Å².